The maximum absolute atomic E-state index is 12.9. The first-order valence-corrected chi connectivity index (χ1v) is 11.1. The molecule has 34 heavy (non-hydrogen) atoms. The van der Waals surface area contributed by atoms with Gasteiger partial charge >= 0.3 is 17.8 Å². The lowest BCUT2D eigenvalue weighted by Crippen LogP contribution is -2.42. The number of rotatable bonds is 6. The topological polar surface area (TPSA) is 131 Å². The van der Waals surface area contributed by atoms with Crippen molar-refractivity contribution < 1.29 is 23.8 Å². The minimum Gasteiger partial charge on any atom is -0.458 e. The number of amides is 1. The van der Waals surface area contributed by atoms with Gasteiger partial charge in [0.25, 0.3) is 0 Å². The predicted octanol–water partition coefficient (Wildman–Crippen LogP) is 1.73. The summed E-state index contributed by atoms with van der Waals surface area (Å²) in [6.07, 6.45) is 4.34. The van der Waals surface area contributed by atoms with E-state index in [0.717, 1.165) is 0 Å². The Hall–Kier alpha value is -3.28. The van der Waals surface area contributed by atoms with Crippen LogP contribution in [0.5, 0.6) is 0 Å². The number of hydrogen-bond donors (Lipinski definition) is 0. The summed E-state index contributed by atoms with van der Waals surface area (Å²) >= 11 is 0. The number of aromatic nitrogens is 5. The standard InChI is InChI=1S/C22H32N6O6/c1-21(2,3)33-18(29)12-32-11-16-9-15(10-27(16)20(31)34-22(4,5)6)26-8-7-17(25-19(26)30)28-14-23-13-24-28/h7-8,13-16H,9-12H2,1-6H3/t15-,16-/m1/s1. The Morgan fingerprint density at radius 2 is 1.82 bits per heavy atom. The van der Waals surface area contributed by atoms with Crippen LogP contribution in [0, 0.1) is 0 Å². The van der Waals surface area contributed by atoms with Crippen LogP contribution in [-0.2, 0) is 19.0 Å². The van der Waals surface area contributed by atoms with Crippen LogP contribution in [0.15, 0.2) is 29.7 Å². The summed E-state index contributed by atoms with van der Waals surface area (Å²) < 4.78 is 19.2. The number of ether oxygens (including phenoxy) is 3. The van der Waals surface area contributed by atoms with Gasteiger partial charge in [-0.15, -0.1) is 0 Å². The number of hydrogen-bond acceptors (Lipinski definition) is 9. The molecule has 12 nitrogen and oxygen atoms in total. The van der Waals surface area contributed by atoms with Gasteiger partial charge in [0.2, 0.25) is 0 Å². The van der Waals surface area contributed by atoms with Crippen molar-refractivity contribution in [3.05, 3.63) is 35.4 Å². The van der Waals surface area contributed by atoms with Crippen molar-refractivity contribution in [2.45, 2.75) is 71.2 Å². The van der Waals surface area contributed by atoms with Crippen molar-refractivity contribution in [3.8, 4) is 5.82 Å². The fraction of sp³-hybridized carbons (Fsp3) is 0.636. The van der Waals surface area contributed by atoms with Crippen LogP contribution in [0.25, 0.3) is 5.82 Å². The zero-order valence-corrected chi connectivity index (χ0v) is 20.4. The molecule has 3 rings (SSSR count). The van der Waals surface area contributed by atoms with E-state index in [1.54, 1.807) is 53.8 Å². The Labute approximate surface area is 197 Å². The molecule has 0 unspecified atom stereocenters. The summed E-state index contributed by atoms with van der Waals surface area (Å²) in [4.78, 5) is 47.0. The van der Waals surface area contributed by atoms with Gasteiger partial charge < -0.3 is 19.1 Å². The van der Waals surface area contributed by atoms with Crippen molar-refractivity contribution in [2.24, 2.45) is 0 Å². The van der Waals surface area contributed by atoms with E-state index in [1.165, 1.54) is 26.8 Å². The number of carbonyl (C=O) groups excluding carboxylic acids is 2. The fourth-order valence-electron chi connectivity index (χ4n) is 3.58. The Morgan fingerprint density at radius 1 is 1.12 bits per heavy atom. The molecule has 1 saturated heterocycles. The molecule has 2 atom stereocenters. The molecule has 0 aliphatic carbocycles. The molecule has 0 bridgehead atoms. The maximum atomic E-state index is 12.9. The minimum atomic E-state index is -0.686. The van der Waals surface area contributed by atoms with Crippen LogP contribution < -0.4 is 5.69 Å². The second kappa shape index (κ2) is 9.92. The zero-order chi connectivity index (χ0) is 25.1. The van der Waals surface area contributed by atoms with Gasteiger partial charge in [-0.2, -0.15) is 10.1 Å². The van der Waals surface area contributed by atoms with E-state index in [-0.39, 0.29) is 25.8 Å². The van der Waals surface area contributed by atoms with E-state index >= 15 is 0 Å². The molecule has 0 N–H and O–H groups in total. The van der Waals surface area contributed by atoms with Gasteiger partial charge in [0.05, 0.1) is 18.7 Å². The van der Waals surface area contributed by atoms with E-state index in [0.29, 0.717) is 12.2 Å². The van der Waals surface area contributed by atoms with Crippen LogP contribution in [0.1, 0.15) is 54.0 Å². The van der Waals surface area contributed by atoms with Crippen molar-refractivity contribution in [3.63, 3.8) is 0 Å². The lowest BCUT2D eigenvalue weighted by atomic mass is 10.2. The molecule has 1 fully saturated rings. The predicted molar refractivity (Wildman–Crippen MR) is 120 cm³/mol. The third kappa shape index (κ3) is 6.86. The molecule has 1 amide bonds. The highest BCUT2D eigenvalue weighted by atomic mass is 16.6. The highest BCUT2D eigenvalue weighted by molar-refractivity contribution is 5.71. The third-order valence-corrected chi connectivity index (χ3v) is 4.83. The largest absolute Gasteiger partial charge is 0.458 e. The molecule has 12 heteroatoms. The quantitative estimate of drug-likeness (QED) is 0.572. The smallest absolute Gasteiger partial charge is 0.410 e. The summed E-state index contributed by atoms with van der Waals surface area (Å²) in [6.45, 7) is 10.8. The molecule has 1 aliphatic heterocycles. The monoisotopic (exact) mass is 476 g/mol. The van der Waals surface area contributed by atoms with Crippen molar-refractivity contribution in [1.29, 1.82) is 0 Å². The van der Waals surface area contributed by atoms with Crippen molar-refractivity contribution >= 4 is 12.1 Å². The van der Waals surface area contributed by atoms with Crippen LogP contribution in [0.3, 0.4) is 0 Å². The van der Waals surface area contributed by atoms with Gasteiger partial charge in [0.1, 0.15) is 30.5 Å². The molecule has 3 heterocycles. The summed E-state index contributed by atoms with van der Waals surface area (Å²) in [5, 5.41) is 3.98. The van der Waals surface area contributed by atoms with Crippen molar-refractivity contribution in [1.82, 2.24) is 29.2 Å². The molecule has 2 aromatic heterocycles. The SMILES string of the molecule is CC(C)(C)OC(=O)COC[C@H]1C[C@@H](n2ccc(-n3cncn3)nc2=O)CN1C(=O)OC(C)(C)C. The third-order valence-electron chi connectivity index (χ3n) is 4.83. The van der Waals surface area contributed by atoms with E-state index < -0.39 is 35.0 Å². The Kier molecular flexibility index (Phi) is 7.39. The first-order valence-electron chi connectivity index (χ1n) is 11.1. The molecule has 1 aliphatic rings. The van der Waals surface area contributed by atoms with E-state index in [2.05, 4.69) is 15.1 Å². The lowest BCUT2D eigenvalue weighted by molar-refractivity contribution is -0.160. The molecule has 2 aromatic rings. The van der Waals surface area contributed by atoms with E-state index in [1.807, 2.05) is 0 Å². The first kappa shape index (κ1) is 25.3. The molecule has 0 radical (unpaired) electrons. The average molecular weight is 477 g/mol. The van der Waals surface area contributed by atoms with E-state index in [4.69, 9.17) is 14.2 Å². The number of likely N-dealkylation sites (tertiary alicyclic amines) is 1. The van der Waals surface area contributed by atoms with Crippen molar-refractivity contribution in [2.75, 3.05) is 19.8 Å². The lowest BCUT2D eigenvalue weighted by Gasteiger charge is -2.28. The van der Waals surface area contributed by atoms with Gasteiger partial charge in [0, 0.05) is 12.7 Å². The van der Waals surface area contributed by atoms with Crippen LogP contribution in [-0.4, -0.2) is 78.3 Å². The average Bonchev–Trinajstić information content (AvgIpc) is 3.35. The summed E-state index contributed by atoms with van der Waals surface area (Å²) in [5.74, 6) is -0.145. The number of nitrogens with zero attached hydrogens (tertiary/aromatic N) is 6. The van der Waals surface area contributed by atoms with Crippen LogP contribution in [0.2, 0.25) is 0 Å². The zero-order valence-electron chi connectivity index (χ0n) is 20.4. The second-order valence-corrected chi connectivity index (χ2v) is 10.1. The number of esters is 1. The van der Waals surface area contributed by atoms with Gasteiger partial charge in [-0.05, 0) is 54.0 Å². The molecular formula is C22H32N6O6. The maximum Gasteiger partial charge on any atom is 0.410 e. The molecule has 0 spiro atoms. The van der Waals surface area contributed by atoms with Crippen LogP contribution >= 0.6 is 0 Å². The normalized spacial score (nSPS) is 18.7. The fourth-order valence-corrected chi connectivity index (χ4v) is 3.58. The summed E-state index contributed by atoms with van der Waals surface area (Å²) in [7, 11) is 0. The Balaban J connectivity index is 1.73. The van der Waals surface area contributed by atoms with Gasteiger partial charge in [-0.3, -0.25) is 4.57 Å². The summed E-state index contributed by atoms with van der Waals surface area (Å²) in [6, 6.07) is 0.914. The minimum absolute atomic E-state index is 0.0915. The van der Waals surface area contributed by atoms with Gasteiger partial charge in [-0.1, -0.05) is 0 Å². The van der Waals surface area contributed by atoms with Gasteiger partial charge in [0.15, 0.2) is 5.82 Å². The highest BCUT2D eigenvalue weighted by Gasteiger charge is 2.39. The van der Waals surface area contributed by atoms with Crippen LogP contribution in [0.4, 0.5) is 4.79 Å². The molecule has 0 saturated carbocycles. The Morgan fingerprint density at radius 3 is 2.41 bits per heavy atom. The van der Waals surface area contributed by atoms with E-state index in [9.17, 15) is 14.4 Å². The summed E-state index contributed by atoms with van der Waals surface area (Å²) in [5.41, 5.74) is -1.78. The highest BCUT2D eigenvalue weighted by Crippen LogP contribution is 2.28. The molecular weight excluding hydrogens is 444 g/mol. The molecule has 0 aromatic carbocycles. The number of carbonyl (C=O) groups is 2. The second-order valence-electron chi connectivity index (χ2n) is 10.1. The molecule has 186 valence electrons. The first-order chi connectivity index (χ1) is 15.8. The Bertz CT molecular complexity index is 1050. The van der Waals surface area contributed by atoms with Gasteiger partial charge in [-0.25, -0.2) is 24.0 Å².